The third kappa shape index (κ3) is 6.38. The van der Waals surface area contributed by atoms with Gasteiger partial charge in [-0.05, 0) is 74.4 Å². The monoisotopic (exact) mass is 496 g/mol. The summed E-state index contributed by atoms with van der Waals surface area (Å²) in [6.45, 7) is 4.28. The summed E-state index contributed by atoms with van der Waals surface area (Å²) in [5.74, 6) is -0.162. The van der Waals surface area contributed by atoms with Gasteiger partial charge >= 0.3 is 12.4 Å². The first-order valence-corrected chi connectivity index (χ1v) is 12.0. The van der Waals surface area contributed by atoms with Crippen LogP contribution >= 0.6 is 0 Å². The van der Waals surface area contributed by atoms with Gasteiger partial charge < -0.3 is 4.90 Å². The van der Waals surface area contributed by atoms with Gasteiger partial charge in [0.2, 0.25) is 0 Å². The van der Waals surface area contributed by atoms with Crippen molar-refractivity contribution in [2.45, 2.75) is 63.2 Å². The van der Waals surface area contributed by atoms with Crippen LogP contribution in [-0.2, 0) is 24.2 Å². The molecular weight excluding hydrogens is 466 g/mol. The lowest BCUT2D eigenvalue weighted by molar-refractivity contribution is -0.162. The van der Waals surface area contributed by atoms with Crippen LogP contribution in [0.25, 0.3) is 0 Å². The Kier molecular flexibility index (Phi) is 8.53. The van der Waals surface area contributed by atoms with Crippen molar-refractivity contribution in [3.63, 3.8) is 0 Å². The van der Waals surface area contributed by atoms with E-state index in [1.807, 2.05) is 37.3 Å². The van der Waals surface area contributed by atoms with E-state index < -0.39 is 28.9 Å². The second kappa shape index (κ2) is 11.0. The van der Waals surface area contributed by atoms with Crippen molar-refractivity contribution in [2.75, 3.05) is 19.6 Å². The fourth-order valence-electron chi connectivity index (χ4n) is 4.94. The highest BCUT2D eigenvalue weighted by molar-refractivity contribution is 5.43. The van der Waals surface area contributed by atoms with Crippen LogP contribution < -0.4 is 0 Å². The van der Waals surface area contributed by atoms with Crippen molar-refractivity contribution in [1.82, 2.24) is 4.90 Å². The minimum absolute atomic E-state index is 0.0392. The zero-order valence-corrected chi connectivity index (χ0v) is 19.7. The largest absolute Gasteiger partial charge is 0.417 e. The Bertz CT molecular complexity index is 1010. The van der Waals surface area contributed by atoms with E-state index in [0.29, 0.717) is 44.4 Å². The quantitative estimate of drug-likeness (QED) is 0.316. The molecule has 1 saturated carbocycles. The molecule has 1 fully saturated rings. The molecule has 0 aromatic heterocycles. The van der Waals surface area contributed by atoms with E-state index in [1.54, 1.807) is 0 Å². The summed E-state index contributed by atoms with van der Waals surface area (Å²) in [5, 5.41) is 10.2. The fraction of sp³-hybridized carbons (Fsp3) is 0.519. The van der Waals surface area contributed by atoms with Crippen LogP contribution in [-0.4, -0.2) is 24.5 Å². The predicted octanol–water partition coefficient (Wildman–Crippen LogP) is 7.63. The van der Waals surface area contributed by atoms with Gasteiger partial charge in [0.05, 0.1) is 22.6 Å². The number of benzene rings is 2. The predicted molar refractivity (Wildman–Crippen MR) is 123 cm³/mol. The van der Waals surface area contributed by atoms with Gasteiger partial charge in [0.1, 0.15) is 0 Å². The normalized spacial score (nSPS) is 16.5. The van der Waals surface area contributed by atoms with Crippen molar-refractivity contribution in [2.24, 2.45) is 5.92 Å². The summed E-state index contributed by atoms with van der Waals surface area (Å²) in [7, 11) is 0. The molecule has 2 nitrogen and oxygen atoms in total. The standard InChI is InChI=1S/C27H30F6N2/c1-2-35(17-14-20-8-4-3-5-9-20)16-7-15-25(19-34,21-10-6-11-21)22-12-13-23(26(28,29)30)24(18-22)27(31,32)33/h3-5,8-9,12-13,18,21H,2,6-7,10-11,14-17H2,1H3. The molecule has 3 rings (SSSR count). The van der Waals surface area contributed by atoms with Crippen LogP contribution in [0.5, 0.6) is 0 Å². The molecule has 1 atom stereocenters. The summed E-state index contributed by atoms with van der Waals surface area (Å²) >= 11 is 0. The van der Waals surface area contributed by atoms with E-state index in [1.165, 1.54) is 5.56 Å². The maximum Gasteiger partial charge on any atom is 0.417 e. The topological polar surface area (TPSA) is 27.0 Å². The number of halogens is 6. The average molecular weight is 497 g/mol. The lowest BCUT2D eigenvalue weighted by atomic mass is 9.60. The van der Waals surface area contributed by atoms with Gasteiger partial charge in [-0.15, -0.1) is 0 Å². The van der Waals surface area contributed by atoms with Crippen LogP contribution in [0.2, 0.25) is 0 Å². The molecule has 2 aromatic carbocycles. The minimum atomic E-state index is -5.17. The fourth-order valence-corrected chi connectivity index (χ4v) is 4.94. The Morgan fingerprint density at radius 2 is 1.57 bits per heavy atom. The molecule has 0 heterocycles. The van der Waals surface area contributed by atoms with Crippen molar-refractivity contribution in [1.29, 1.82) is 5.26 Å². The summed E-state index contributed by atoms with van der Waals surface area (Å²) in [5.41, 5.74) is -3.43. The molecule has 1 aliphatic rings. The maximum atomic E-state index is 13.6. The highest BCUT2D eigenvalue weighted by Crippen LogP contribution is 2.49. The van der Waals surface area contributed by atoms with Crippen molar-refractivity contribution in [3.8, 4) is 6.07 Å². The summed E-state index contributed by atoms with van der Waals surface area (Å²) in [6.07, 6.45) is -6.35. The van der Waals surface area contributed by atoms with Crippen molar-refractivity contribution >= 4 is 0 Å². The molecule has 35 heavy (non-hydrogen) atoms. The number of alkyl halides is 6. The van der Waals surface area contributed by atoms with Gasteiger partial charge in [0, 0.05) is 6.54 Å². The lowest BCUT2D eigenvalue weighted by Crippen LogP contribution is -2.39. The van der Waals surface area contributed by atoms with Gasteiger partial charge in [-0.3, -0.25) is 0 Å². The molecule has 190 valence electrons. The number of likely N-dealkylation sites (N-methyl/N-ethyl adjacent to an activating group) is 1. The van der Waals surface area contributed by atoms with Crippen LogP contribution in [0.1, 0.15) is 61.3 Å². The maximum absolute atomic E-state index is 13.6. The van der Waals surface area contributed by atoms with Crippen LogP contribution in [0.4, 0.5) is 26.3 Å². The molecule has 1 unspecified atom stereocenters. The SMILES string of the molecule is CCN(CCCC(C#N)(c1ccc(C(F)(F)F)c(C(F)(F)F)c1)C1CCC1)CCc1ccccc1. The Morgan fingerprint density at radius 1 is 0.914 bits per heavy atom. The third-order valence-electron chi connectivity index (χ3n) is 7.20. The first kappa shape index (κ1) is 27.1. The lowest BCUT2D eigenvalue weighted by Gasteiger charge is -2.42. The molecule has 8 heteroatoms. The molecule has 1 aliphatic carbocycles. The molecule has 0 bridgehead atoms. The molecule has 0 N–H and O–H groups in total. The van der Waals surface area contributed by atoms with E-state index in [-0.39, 0.29) is 11.5 Å². The van der Waals surface area contributed by atoms with Gasteiger partial charge in [0.15, 0.2) is 0 Å². The van der Waals surface area contributed by atoms with Gasteiger partial charge in [0.25, 0.3) is 0 Å². The summed E-state index contributed by atoms with van der Waals surface area (Å²) < 4.78 is 80.6. The number of nitrogens with zero attached hydrogens (tertiary/aromatic N) is 2. The Balaban J connectivity index is 1.81. The Hall–Kier alpha value is -2.53. The molecule has 0 spiro atoms. The van der Waals surface area contributed by atoms with Gasteiger partial charge in [-0.1, -0.05) is 49.7 Å². The smallest absolute Gasteiger partial charge is 0.303 e. The zero-order valence-electron chi connectivity index (χ0n) is 19.7. The molecule has 2 aromatic rings. The molecule has 0 amide bonds. The highest BCUT2D eigenvalue weighted by Gasteiger charge is 2.47. The Morgan fingerprint density at radius 3 is 2.09 bits per heavy atom. The van der Waals surface area contributed by atoms with E-state index >= 15 is 0 Å². The van der Waals surface area contributed by atoms with E-state index in [2.05, 4.69) is 11.0 Å². The number of nitriles is 1. The summed E-state index contributed by atoms with van der Waals surface area (Å²) in [6, 6.07) is 14.4. The average Bonchev–Trinajstić information content (AvgIpc) is 2.78. The zero-order chi connectivity index (χ0) is 25.7. The Labute approximate surface area is 202 Å². The molecule has 0 aliphatic heterocycles. The van der Waals surface area contributed by atoms with Gasteiger partial charge in [-0.25, -0.2) is 0 Å². The molecular formula is C27H30F6N2. The number of hydrogen-bond donors (Lipinski definition) is 0. The molecule has 0 radical (unpaired) electrons. The van der Waals surface area contributed by atoms with Crippen LogP contribution in [0.15, 0.2) is 48.5 Å². The number of rotatable bonds is 10. The first-order valence-electron chi connectivity index (χ1n) is 12.0. The summed E-state index contributed by atoms with van der Waals surface area (Å²) in [4.78, 5) is 2.23. The van der Waals surface area contributed by atoms with E-state index in [9.17, 15) is 31.6 Å². The first-order chi connectivity index (χ1) is 16.5. The van der Waals surface area contributed by atoms with Crippen LogP contribution in [0.3, 0.4) is 0 Å². The van der Waals surface area contributed by atoms with Gasteiger partial charge in [-0.2, -0.15) is 31.6 Å². The second-order valence-electron chi connectivity index (χ2n) is 9.24. The highest BCUT2D eigenvalue weighted by atomic mass is 19.4. The minimum Gasteiger partial charge on any atom is -0.303 e. The van der Waals surface area contributed by atoms with Crippen molar-refractivity contribution in [3.05, 3.63) is 70.8 Å². The number of hydrogen-bond acceptors (Lipinski definition) is 2. The second-order valence-corrected chi connectivity index (χ2v) is 9.24. The molecule has 0 saturated heterocycles. The van der Waals surface area contributed by atoms with E-state index in [0.717, 1.165) is 32.0 Å². The van der Waals surface area contributed by atoms with Crippen molar-refractivity contribution < 1.29 is 26.3 Å². The van der Waals surface area contributed by atoms with E-state index in [4.69, 9.17) is 0 Å². The third-order valence-corrected chi connectivity index (χ3v) is 7.20. The van der Waals surface area contributed by atoms with Crippen LogP contribution in [0, 0.1) is 17.2 Å².